The first-order chi connectivity index (χ1) is 10.2. The van der Waals surface area contributed by atoms with Crippen molar-refractivity contribution in [2.45, 2.75) is 19.6 Å². The van der Waals surface area contributed by atoms with Crippen LogP contribution in [0.4, 0.5) is 4.39 Å². The number of hydrogen-bond acceptors (Lipinski definition) is 3. The summed E-state index contributed by atoms with van der Waals surface area (Å²) in [5.41, 5.74) is 1.37. The van der Waals surface area contributed by atoms with Gasteiger partial charge in [-0.1, -0.05) is 30.3 Å². The zero-order valence-corrected chi connectivity index (χ0v) is 12.1. The highest BCUT2D eigenvalue weighted by atomic mass is 19.1. The van der Waals surface area contributed by atoms with Crippen LogP contribution in [-0.4, -0.2) is 18.3 Å². The highest BCUT2D eigenvalue weighted by Crippen LogP contribution is 2.16. The van der Waals surface area contributed by atoms with Crippen molar-refractivity contribution in [3.63, 3.8) is 0 Å². The number of hydrogen-bond donors (Lipinski definition) is 2. The first-order valence-electron chi connectivity index (χ1n) is 7.05. The van der Waals surface area contributed by atoms with Gasteiger partial charge in [0.2, 0.25) is 0 Å². The van der Waals surface area contributed by atoms with Crippen LogP contribution in [0, 0.1) is 5.82 Å². The van der Waals surface area contributed by atoms with E-state index >= 15 is 0 Å². The molecule has 0 spiro atoms. The van der Waals surface area contributed by atoms with Crippen LogP contribution in [0.2, 0.25) is 0 Å². The summed E-state index contributed by atoms with van der Waals surface area (Å²) in [6, 6.07) is 14.0. The average Bonchev–Trinajstić information content (AvgIpc) is 2.48. The number of aliphatic hydroxyl groups is 1. The third kappa shape index (κ3) is 4.55. The summed E-state index contributed by atoms with van der Waals surface area (Å²) in [5, 5.41) is 13.1. The molecule has 0 aromatic heterocycles. The number of rotatable bonds is 7. The molecule has 0 bridgehead atoms. The average molecular weight is 289 g/mol. The summed E-state index contributed by atoms with van der Waals surface area (Å²) in [4.78, 5) is 0. The molecule has 2 aromatic rings. The Hall–Kier alpha value is -1.91. The molecule has 21 heavy (non-hydrogen) atoms. The molecule has 0 aliphatic rings. The van der Waals surface area contributed by atoms with Crippen LogP contribution in [0.15, 0.2) is 48.5 Å². The molecule has 0 saturated carbocycles. The van der Waals surface area contributed by atoms with Gasteiger partial charge in [0.25, 0.3) is 0 Å². The predicted octanol–water partition coefficient (Wildman–Crippen LogP) is 3.05. The van der Waals surface area contributed by atoms with E-state index in [9.17, 15) is 9.50 Å². The molecule has 2 rings (SSSR count). The lowest BCUT2D eigenvalue weighted by Gasteiger charge is -2.13. The van der Waals surface area contributed by atoms with E-state index in [2.05, 4.69) is 5.32 Å². The van der Waals surface area contributed by atoms with Gasteiger partial charge in [0, 0.05) is 18.7 Å². The van der Waals surface area contributed by atoms with E-state index < -0.39 is 6.10 Å². The second kappa shape index (κ2) is 7.76. The minimum absolute atomic E-state index is 0.291. The fourth-order valence-corrected chi connectivity index (χ4v) is 2.12. The molecule has 0 fully saturated rings. The summed E-state index contributed by atoms with van der Waals surface area (Å²) < 4.78 is 19.0. The van der Waals surface area contributed by atoms with E-state index in [1.807, 2.05) is 31.2 Å². The molecule has 2 N–H and O–H groups in total. The van der Waals surface area contributed by atoms with Crippen molar-refractivity contribution in [1.29, 1.82) is 0 Å². The van der Waals surface area contributed by atoms with E-state index in [1.165, 1.54) is 6.07 Å². The molecule has 0 radical (unpaired) electrons. The monoisotopic (exact) mass is 289 g/mol. The predicted molar refractivity (Wildman–Crippen MR) is 80.7 cm³/mol. The van der Waals surface area contributed by atoms with Gasteiger partial charge in [-0.15, -0.1) is 0 Å². The van der Waals surface area contributed by atoms with Gasteiger partial charge in [-0.25, -0.2) is 4.39 Å². The maximum atomic E-state index is 13.5. The molecule has 2 aromatic carbocycles. The van der Waals surface area contributed by atoms with Crippen LogP contribution in [-0.2, 0) is 6.54 Å². The van der Waals surface area contributed by atoms with Gasteiger partial charge in [-0.2, -0.15) is 0 Å². The van der Waals surface area contributed by atoms with Gasteiger partial charge in [-0.05, 0) is 30.7 Å². The Morgan fingerprint density at radius 1 is 1.19 bits per heavy atom. The second-order valence-corrected chi connectivity index (χ2v) is 4.75. The third-order valence-electron chi connectivity index (χ3n) is 3.14. The molecule has 1 atom stereocenters. The molecule has 0 saturated heterocycles. The molecule has 0 aliphatic heterocycles. The highest BCUT2D eigenvalue weighted by Gasteiger charge is 2.11. The number of benzene rings is 2. The molecular formula is C17H20FNO2. The lowest BCUT2D eigenvalue weighted by Crippen LogP contribution is -2.21. The van der Waals surface area contributed by atoms with Crippen LogP contribution >= 0.6 is 0 Å². The fraction of sp³-hybridized carbons (Fsp3) is 0.294. The Kier molecular flexibility index (Phi) is 5.72. The van der Waals surface area contributed by atoms with Crippen molar-refractivity contribution in [1.82, 2.24) is 5.32 Å². The maximum Gasteiger partial charge on any atom is 0.129 e. The number of halogens is 1. The first kappa shape index (κ1) is 15.5. The van der Waals surface area contributed by atoms with Crippen molar-refractivity contribution in [3.8, 4) is 5.75 Å². The Balaban J connectivity index is 1.86. The summed E-state index contributed by atoms with van der Waals surface area (Å²) in [6.07, 6.45) is -0.860. The molecule has 112 valence electrons. The van der Waals surface area contributed by atoms with E-state index in [-0.39, 0.29) is 5.82 Å². The zero-order valence-electron chi connectivity index (χ0n) is 12.1. The van der Waals surface area contributed by atoms with Gasteiger partial charge in [0.05, 0.1) is 12.7 Å². The van der Waals surface area contributed by atoms with Gasteiger partial charge < -0.3 is 15.2 Å². The van der Waals surface area contributed by atoms with Gasteiger partial charge in [0.1, 0.15) is 11.6 Å². The SMILES string of the molecule is CCOc1cccc(CNCC(O)c2ccccc2F)c1. The van der Waals surface area contributed by atoms with E-state index in [1.54, 1.807) is 18.2 Å². The standard InChI is InChI=1S/C17H20FNO2/c1-2-21-14-7-5-6-13(10-14)11-19-12-17(20)15-8-3-4-9-16(15)18/h3-10,17,19-20H,2,11-12H2,1H3. The fourth-order valence-electron chi connectivity index (χ4n) is 2.12. The largest absolute Gasteiger partial charge is 0.494 e. The molecule has 1 unspecified atom stereocenters. The summed E-state index contributed by atoms with van der Waals surface area (Å²) in [7, 11) is 0. The van der Waals surface area contributed by atoms with Gasteiger partial charge in [-0.3, -0.25) is 0 Å². The van der Waals surface area contributed by atoms with E-state index in [0.717, 1.165) is 11.3 Å². The number of ether oxygens (including phenoxy) is 1. The molecule has 0 heterocycles. The number of nitrogens with one attached hydrogen (secondary N) is 1. The molecule has 4 heteroatoms. The van der Waals surface area contributed by atoms with Gasteiger partial charge in [0.15, 0.2) is 0 Å². The van der Waals surface area contributed by atoms with Crippen molar-refractivity contribution in [2.24, 2.45) is 0 Å². The molecular weight excluding hydrogens is 269 g/mol. The Labute approximate surface area is 124 Å². The van der Waals surface area contributed by atoms with Crippen LogP contribution < -0.4 is 10.1 Å². The Morgan fingerprint density at radius 3 is 2.76 bits per heavy atom. The summed E-state index contributed by atoms with van der Waals surface area (Å²) >= 11 is 0. The Bertz CT molecular complexity index is 574. The van der Waals surface area contributed by atoms with Crippen molar-refractivity contribution >= 4 is 0 Å². The van der Waals surface area contributed by atoms with Crippen LogP contribution in [0.5, 0.6) is 5.75 Å². The summed E-state index contributed by atoms with van der Waals surface area (Å²) in [6.45, 7) is 3.45. The summed E-state index contributed by atoms with van der Waals surface area (Å²) in [5.74, 6) is 0.441. The van der Waals surface area contributed by atoms with Crippen molar-refractivity contribution in [3.05, 3.63) is 65.5 Å². The lowest BCUT2D eigenvalue weighted by molar-refractivity contribution is 0.169. The molecule has 0 aliphatic carbocycles. The molecule has 3 nitrogen and oxygen atoms in total. The third-order valence-corrected chi connectivity index (χ3v) is 3.14. The zero-order chi connectivity index (χ0) is 15.1. The van der Waals surface area contributed by atoms with Crippen LogP contribution in [0.1, 0.15) is 24.2 Å². The quantitative estimate of drug-likeness (QED) is 0.823. The lowest BCUT2D eigenvalue weighted by atomic mass is 10.1. The van der Waals surface area contributed by atoms with Gasteiger partial charge >= 0.3 is 0 Å². The first-order valence-corrected chi connectivity index (χ1v) is 7.05. The topological polar surface area (TPSA) is 41.5 Å². The van der Waals surface area contributed by atoms with E-state index in [0.29, 0.717) is 25.3 Å². The normalized spacial score (nSPS) is 12.1. The van der Waals surface area contributed by atoms with Crippen LogP contribution in [0.3, 0.4) is 0 Å². The number of aliphatic hydroxyl groups excluding tert-OH is 1. The van der Waals surface area contributed by atoms with Crippen LogP contribution in [0.25, 0.3) is 0 Å². The second-order valence-electron chi connectivity index (χ2n) is 4.75. The highest BCUT2D eigenvalue weighted by molar-refractivity contribution is 5.28. The molecule has 0 amide bonds. The Morgan fingerprint density at radius 2 is 2.00 bits per heavy atom. The van der Waals surface area contributed by atoms with Crippen molar-refractivity contribution in [2.75, 3.05) is 13.2 Å². The van der Waals surface area contributed by atoms with Crippen molar-refractivity contribution < 1.29 is 14.2 Å². The maximum absolute atomic E-state index is 13.5. The smallest absolute Gasteiger partial charge is 0.129 e. The minimum Gasteiger partial charge on any atom is -0.494 e. The minimum atomic E-state index is -0.860. The van der Waals surface area contributed by atoms with E-state index in [4.69, 9.17) is 4.74 Å².